The zero-order valence-electron chi connectivity index (χ0n) is 23.2. The maximum Gasteiger partial charge on any atom is 0.164 e. The standard InChI is InChI=1S/C39H25N3S/c1-5-14-26(15-6-1)30-22-13-23-31-32-24-25-33(34(36(32)43-35(30)31)27-16-7-2-8-17-27)39-41-37(28-18-9-3-10-19-28)40-38(42-39)29-20-11-4-12-21-29/h1-25H. The summed E-state index contributed by atoms with van der Waals surface area (Å²) in [5.74, 6) is 1.98. The average Bonchev–Trinajstić information content (AvgIpc) is 3.48. The molecule has 8 rings (SSSR count). The Morgan fingerprint density at radius 1 is 0.326 bits per heavy atom. The van der Waals surface area contributed by atoms with E-state index in [1.54, 1.807) is 0 Å². The zero-order chi connectivity index (χ0) is 28.6. The van der Waals surface area contributed by atoms with Crippen molar-refractivity contribution < 1.29 is 0 Å². The van der Waals surface area contributed by atoms with Crippen LogP contribution in [-0.4, -0.2) is 15.0 Å². The van der Waals surface area contributed by atoms with Crippen LogP contribution in [0.1, 0.15) is 0 Å². The first-order chi connectivity index (χ1) is 21.3. The third kappa shape index (κ3) is 4.58. The van der Waals surface area contributed by atoms with Gasteiger partial charge in [0.2, 0.25) is 0 Å². The van der Waals surface area contributed by atoms with Gasteiger partial charge in [-0.1, -0.05) is 146 Å². The van der Waals surface area contributed by atoms with Gasteiger partial charge in [-0.15, -0.1) is 11.3 Å². The first-order valence-electron chi connectivity index (χ1n) is 14.3. The molecule has 0 saturated carbocycles. The molecule has 0 unspecified atom stereocenters. The van der Waals surface area contributed by atoms with Gasteiger partial charge in [0.1, 0.15) is 0 Å². The Balaban J connectivity index is 1.43. The minimum atomic E-state index is 0.659. The van der Waals surface area contributed by atoms with Crippen LogP contribution in [0.15, 0.2) is 152 Å². The molecule has 0 aliphatic rings. The molecule has 202 valence electrons. The van der Waals surface area contributed by atoms with Gasteiger partial charge in [0, 0.05) is 42.4 Å². The zero-order valence-corrected chi connectivity index (χ0v) is 24.0. The van der Waals surface area contributed by atoms with Gasteiger partial charge in [0.25, 0.3) is 0 Å². The van der Waals surface area contributed by atoms with Gasteiger partial charge in [0.05, 0.1) is 0 Å². The van der Waals surface area contributed by atoms with Crippen molar-refractivity contribution in [1.82, 2.24) is 15.0 Å². The van der Waals surface area contributed by atoms with E-state index in [9.17, 15) is 0 Å². The van der Waals surface area contributed by atoms with E-state index in [1.165, 1.54) is 31.3 Å². The Bertz CT molecular complexity index is 2150. The van der Waals surface area contributed by atoms with E-state index in [4.69, 9.17) is 15.0 Å². The lowest BCUT2D eigenvalue weighted by molar-refractivity contribution is 1.07. The number of hydrogen-bond donors (Lipinski definition) is 0. The van der Waals surface area contributed by atoms with Gasteiger partial charge in [-0.05, 0) is 22.8 Å². The number of nitrogens with zero attached hydrogens (tertiary/aromatic N) is 3. The van der Waals surface area contributed by atoms with Gasteiger partial charge in [0.15, 0.2) is 17.5 Å². The van der Waals surface area contributed by atoms with E-state index < -0.39 is 0 Å². The Kier molecular flexibility index (Phi) is 6.32. The van der Waals surface area contributed by atoms with Crippen molar-refractivity contribution in [3.63, 3.8) is 0 Å². The largest absolute Gasteiger partial charge is 0.208 e. The van der Waals surface area contributed by atoms with Crippen LogP contribution < -0.4 is 0 Å². The van der Waals surface area contributed by atoms with Gasteiger partial charge in [-0.2, -0.15) is 0 Å². The minimum absolute atomic E-state index is 0.659. The van der Waals surface area contributed by atoms with Gasteiger partial charge < -0.3 is 0 Å². The molecule has 0 amide bonds. The predicted molar refractivity (Wildman–Crippen MR) is 180 cm³/mol. The highest BCUT2D eigenvalue weighted by Gasteiger charge is 2.21. The van der Waals surface area contributed by atoms with Crippen LogP contribution in [-0.2, 0) is 0 Å². The smallest absolute Gasteiger partial charge is 0.164 e. The molecule has 0 bridgehead atoms. The number of thiophene rings is 1. The summed E-state index contributed by atoms with van der Waals surface area (Å²) >= 11 is 1.84. The van der Waals surface area contributed by atoms with E-state index in [0.717, 1.165) is 27.8 Å². The maximum atomic E-state index is 5.09. The van der Waals surface area contributed by atoms with E-state index >= 15 is 0 Å². The van der Waals surface area contributed by atoms with Crippen molar-refractivity contribution in [2.75, 3.05) is 0 Å². The molecular weight excluding hydrogens is 543 g/mol. The van der Waals surface area contributed by atoms with Gasteiger partial charge in [-0.3, -0.25) is 0 Å². The van der Waals surface area contributed by atoms with E-state index in [1.807, 2.05) is 72.0 Å². The number of rotatable bonds is 5. The molecule has 2 aromatic heterocycles. The second kappa shape index (κ2) is 10.8. The Morgan fingerprint density at radius 3 is 1.40 bits per heavy atom. The topological polar surface area (TPSA) is 38.7 Å². The van der Waals surface area contributed by atoms with E-state index in [2.05, 4.69) is 91.0 Å². The number of aromatic nitrogens is 3. The first kappa shape index (κ1) is 25.3. The monoisotopic (exact) mass is 567 g/mol. The molecule has 0 aliphatic carbocycles. The quantitative estimate of drug-likeness (QED) is 0.208. The molecule has 0 spiro atoms. The lowest BCUT2D eigenvalue weighted by Gasteiger charge is -2.13. The highest BCUT2D eigenvalue weighted by atomic mass is 32.1. The summed E-state index contributed by atoms with van der Waals surface area (Å²) in [6.07, 6.45) is 0. The molecule has 6 aromatic carbocycles. The van der Waals surface area contributed by atoms with Crippen LogP contribution in [0.4, 0.5) is 0 Å². The Labute approximate surface area is 253 Å². The minimum Gasteiger partial charge on any atom is -0.208 e. The first-order valence-corrected chi connectivity index (χ1v) is 15.1. The van der Waals surface area contributed by atoms with Crippen molar-refractivity contribution in [1.29, 1.82) is 0 Å². The number of benzene rings is 6. The van der Waals surface area contributed by atoms with Crippen molar-refractivity contribution in [3.8, 4) is 56.4 Å². The molecule has 0 aliphatic heterocycles. The number of hydrogen-bond acceptors (Lipinski definition) is 4. The molecule has 0 atom stereocenters. The Morgan fingerprint density at radius 2 is 0.814 bits per heavy atom. The van der Waals surface area contributed by atoms with Crippen LogP contribution >= 0.6 is 11.3 Å². The van der Waals surface area contributed by atoms with Gasteiger partial charge in [-0.25, -0.2) is 15.0 Å². The van der Waals surface area contributed by atoms with E-state index in [0.29, 0.717) is 17.5 Å². The SMILES string of the molecule is c1ccc(-c2nc(-c3ccccc3)nc(-c3ccc4c(sc5c(-c6ccccc6)cccc54)c3-c3ccccc3)n2)cc1. The molecule has 43 heavy (non-hydrogen) atoms. The average molecular weight is 568 g/mol. The third-order valence-electron chi connectivity index (χ3n) is 7.75. The van der Waals surface area contributed by atoms with Crippen LogP contribution in [0.3, 0.4) is 0 Å². The molecule has 0 N–H and O–H groups in total. The summed E-state index contributed by atoms with van der Waals surface area (Å²) < 4.78 is 2.51. The van der Waals surface area contributed by atoms with Crippen LogP contribution in [0, 0.1) is 0 Å². The van der Waals surface area contributed by atoms with Crippen LogP contribution in [0.2, 0.25) is 0 Å². The highest BCUT2D eigenvalue weighted by molar-refractivity contribution is 7.27. The highest BCUT2D eigenvalue weighted by Crippen LogP contribution is 2.47. The van der Waals surface area contributed by atoms with Gasteiger partial charge >= 0.3 is 0 Å². The van der Waals surface area contributed by atoms with Crippen LogP contribution in [0.5, 0.6) is 0 Å². The van der Waals surface area contributed by atoms with Crippen LogP contribution in [0.25, 0.3) is 76.6 Å². The molecule has 2 heterocycles. The third-order valence-corrected chi connectivity index (χ3v) is 9.03. The summed E-state index contributed by atoms with van der Waals surface area (Å²) in [6.45, 7) is 0. The normalized spacial score (nSPS) is 11.3. The van der Waals surface area contributed by atoms with Crippen molar-refractivity contribution in [3.05, 3.63) is 152 Å². The van der Waals surface area contributed by atoms with Crippen molar-refractivity contribution in [2.24, 2.45) is 0 Å². The Hall–Kier alpha value is -5.45. The summed E-state index contributed by atoms with van der Waals surface area (Å²) in [7, 11) is 0. The fraction of sp³-hybridized carbons (Fsp3) is 0. The molecule has 3 nitrogen and oxygen atoms in total. The molecule has 8 aromatic rings. The molecule has 0 fully saturated rings. The number of fused-ring (bicyclic) bond motifs is 3. The second-order valence-corrected chi connectivity index (χ2v) is 11.4. The summed E-state index contributed by atoms with van der Waals surface area (Å²) in [4.78, 5) is 15.1. The second-order valence-electron chi connectivity index (χ2n) is 10.4. The fourth-order valence-corrected chi connectivity index (χ4v) is 7.12. The molecule has 0 radical (unpaired) electrons. The molecule has 0 saturated heterocycles. The summed E-state index contributed by atoms with van der Waals surface area (Å²) in [5, 5.41) is 2.50. The fourth-order valence-electron chi connectivity index (χ4n) is 5.71. The summed E-state index contributed by atoms with van der Waals surface area (Å²) in [5.41, 5.74) is 7.65. The maximum absolute atomic E-state index is 5.09. The lowest BCUT2D eigenvalue weighted by Crippen LogP contribution is -2.01. The van der Waals surface area contributed by atoms with Crippen molar-refractivity contribution >= 4 is 31.5 Å². The molecular formula is C39H25N3S. The van der Waals surface area contributed by atoms with E-state index in [-0.39, 0.29) is 0 Å². The lowest BCUT2D eigenvalue weighted by atomic mass is 9.95. The predicted octanol–water partition coefficient (Wildman–Crippen LogP) is 10.6. The van der Waals surface area contributed by atoms with Crippen molar-refractivity contribution in [2.45, 2.75) is 0 Å². The molecule has 4 heteroatoms. The summed E-state index contributed by atoms with van der Waals surface area (Å²) in [6, 6.07) is 52.6.